The molecule has 0 amide bonds. The van der Waals surface area contributed by atoms with Crippen LogP contribution in [0.4, 0.5) is 45.5 Å². The summed E-state index contributed by atoms with van der Waals surface area (Å²) >= 11 is 0. The zero-order chi connectivity index (χ0) is 55.3. The van der Waals surface area contributed by atoms with E-state index in [1.165, 1.54) is 94.1 Å². The van der Waals surface area contributed by atoms with Crippen LogP contribution in [-0.2, 0) is 5.41 Å². The molecule has 3 heterocycles. The highest BCUT2D eigenvalue weighted by Gasteiger charge is 2.53. The van der Waals surface area contributed by atoms with Crippen molar-refractivity contribution < 1.29 is 0 Å². The third-order valence-corrected chi connectivity index (χ3v) is 17.9. The van der Waals surface area contributed by atoms with Crippen molar-refractivity contribution in [3.8, 4) is 22.5 Å². The molecule has 0 fully saturated rings. The minimum atomic E-state index is -0.713. The first-order chi connectivity index (χ1) is 41.7. The van der Waals surface area contributed by atoms with Crippen molar-refractivity contribution >= 4 is 89.1 Å². The Hall–Kier alpha value is -10.9. The SMILES string of the molecule is C1=CC2=C(CC1)N(c1ccccc1)c1ccccc1C21c2cc(N(c3ccccc3)c3ccc4c(c3)c3ccccc3n4-c3ccccc3)ccc2-c2ccc(N(c3ccccc3)c3ccc4c(c3)c3ccccc3n4-c3ccccc3)cc21. The van der Waals surface area contributed by atoms with E-state index < -0.39 is 5.41 Å². The molecule has 2 aromatic heterocycles. The summed E-state index contributed by atoms with van der Waals surface area (Å²) in [6.45, 7) is 0. The molecule has 0 radical (unpaired) electrons. The summed E-state index contributed by atoms with van der Waals surface area (Å²) in [6, 6.07) is 110. The molecule has 1 aliphatic heterocycles. The number of fused-ring (bicyclic) bond motifs is 14. The third-order valence-electron chi connectivity index (χ3n) is 17.9. The second kappa shape index (κ2) is 19.1. The average molecular weight is 1070 g/mol. The van der Waals surface area contributed by atoms with Gasteiger partial charge < -0.3 is 23.8 Å². The fourth-order valence-corrected chi connectivity index (χ4v) is 14.5. The van der Waals surface area contributed by atoms with Crippen LogP contribution in [0.5, 0.6) is 0 Å². The number of hydrogen-bond donors (Lipinski definition) is 0. The normalized spacial score (nSPS) is 13.8. The van der Waals surface area contributed by atoms with Crippen LogP contribution >= 0.6 is 0 Å². The Morgan fingerprint density at radius 3 is 1.23 bits per heavy atom. The van der Waals surface area contributed by atoms with Gasteiger partial charge >= 0.3 is 0 Å². The number of hydrogen-bond acceptors (Lipinski definition) is 3. The molecular weight excluding hydrogens is 1020 g/mol. The lowest BCUT2D eigenvalue weighted by molar-refractivity contribution is 0.702. The van der Waals surface area contributed by atoms with Gasteiger partial charge in [0.05, 0.1) is 33.2 Å². The molecule has 5 heteroatoms. The van der Waals surface area contributed by atoms with Crippen molar-refractivity contribution in [2.45, 2.75) is 18.3 Å². The summed E-state index contributed by atoms with van der Waals surface area (Å²) in [4.78, 5) is 7.49. The molecule has 0 saturated heterocycles. The van der Waals surface area contributed by atoms with Crippen molar-refractivity contribution in [1.82, 2.24) is 9.13 Å². The summed E-state index contributed by atoms with van der Waals surface area (Å²) in [5.41, 5.74) is 24.2. The number of nitrogens with zero attached hydrogens (tertiary/aromatic N) is 5. The molecule has 1 spiro atoms. The molecule has 0 atom stereocenters. The Bertz CT molecular complexity index is 4710. The molecular formula is C79H55N5. The molecule has 84 heavy (non-hydrogen) atoms. The van der Waals surface area contributed by atoms with Crippen molar-refractivity contribution in [2.75, 3.05) is 14.7 Å². The zero-order valence-electron chi connectivity index (χ0n) is 46.1. The summed E-state index contributed by atoms with van der Waals surface area (Å²) in [5.74, 6) is 0. The lowest BCUT2D eigenvalue weighted by Gasteiger charge is -2.47. The molecule has 12 aromatic carbocycles. The van der Waals surface area contributed by atoms with Gasteiger partial charge in [-0.25, -0.2) is 0 Å². The van der Waals surface area contributed by atoms with Crippen LogP contribution in [0.3, 0.4) is 0 Å². The van der Waals surface area contributed by atoms with Gasteiger partial charge in [0.1, 0.15) is 0 Å². The van der Waals surface area contributed by atoms with Gasteiger partial charge in [-0.05, 0) is 186 Å². The molecule has 3 aliphatic rings. The van der Waals surface area contributed by atoms with Crippen LogP contribution in [0.15, 0.2) is 321 Å². The van der Waals surface area contributed by atoms with E-state index in [1.807, 2.05) is 0 Å². The number of para-hydroxylation sites is 8. The van der Waals surface area contributed by atoms with Crippen LogP contribution in [-0.4, -0.2) is 9.13 Å². The number of benzene rings is 12. The Labute approximate surface area is 488 Å². The highest BCUT2D eigenvalue weighted by atomic mass is 15.2. The number of allylic oxidation sites excluding steroid dienone is 4. The smallest absolute Gasteiger partial charge is 0.0752 e. The number of aromatic nitrogens is 2. The largest absolute Gasteiger partial charge is 0.314 e. The van der Waals surface area contributed by atoms with Gasteiger partial charge in [-0.15, -0.1) is 0 Å². The summed E-state index contributed by atoms with van der Waals surface area (Å²) in [7, 11) is 0. The van der Waals surface area contributed by atoms with E-state index in [2.05, 4.69) is 333 Å². The second-order valence-electron chi connectivity index (χ2n) is 22.3. The predicted molar refractivity (Wildman–Crippen MR) is 350 cm³/mol. The zero-order valence-corrected chi connectivity index (χ0v) is 46.1. The van der Waals surface area contributed by atoms with E-state index in [-0.39, 0.29) is 0 Å². The van der Waals surface area contributed by atoms with Crippen LogP contribution in [0, 0.1) is 0 Å². The standard InChI is InChI=1S/C79H55N5/c1-6-24-54(25-7-1)80(59-44-48-75-67(50-59)65-34-16-20-38-73(65)82(75)56-28-10-3-11-29-56)61-42-46-63-64-47-43-62(53-72(64)79(71(63)52-61)69-36-18-22-40-77(69)84(58-32-14-5-15-33-58)78-41-23-19-37-70(78)79)81(55-26-8-2-9-27-55)60-45-49-76-68(51-60)66-35-17-21-39-74(66)83(76)57-30-12-4-13-31-57/h1-22,24-40,42-53H,23,41H2. The fourth-order valence-electron chi connectivity index (χ4n) is 14.5. The second-order valence-corrected chi connectivity index (χ2v) is 22.3. The van der Waals surface area contributed by atoms with Gasteiger partial charge in [-0.2, -0.15) is 0 Å². The lowest BCUT2D eigenvalue weighted by atomic mass is 9.63. The fraction of sp³-hybridized carbons (Fsp3) is 0.0380. The van der Waals surface area contributed by atoms with Crippen molar-refractivity contribution in [1.29, 1.82) is 0 Å². The first-order valence-electron chi connectivity index (χ1n) is 29.2. The molecule has 0 N–H and O–H groups in total. The van der Waals surface area contributed by atoms with Gasteiger partial charge in [0, 0.05) is 78.4 Å². The average Bonchev–Trinajstić information content (AvgIpc) is 1.92. The molecule has 0 saturated carbocycles. The number of anilines is 8. The summed E-state index contributed by atoms with van der Waals surface area (Å²) in [5, 5.41) is 4.86. The van der Waals surface area contributed by atoms with E-state index in [1.54, 1.807) is 0 Å². The Morgan fingerprint density at radius 2 is 0.714 bits per heavy atom. The molecule has 0 unspecified atom stereocenters. The van der Waals surface area contributed by atoms with Crippen LogP contribution in [0.1, 0.15) is 29.5 Å². The van der Waals surface area contributed by atoms with Crippen LogP contribution in [0.2, 0.25) is 0 Å². The third kappa shape index (κ3) is 7.15. The molecule has 17 rings (SSSR count). The van der Waals surface area contributed by atoms with Gasteiger partial charge in [0.25, 0.3) is 0 Å². The van der Waals surface area contributed by atoms with E-state index in [9.17, 15) is 0 Å². The Balaban J connectivity index is 0.911. The van der Waals surface area contributed by atoms with Gasteiger partial charge in [0.2, 0.25) is 0 Å². The topological polar surface area (TPSA) is 19.6 Å². The lowest BCUT2D eigenvalue weighted by Crippen LogP contribution is -2.39. The quantitative estimate of drug-likeness (QED) is 0.144. The van der Waals surface area contributed by atoms with Gasteiger partial charge in [-0.1, -0.05) is 170 Å². The first kappa shape index (κ1) is 47.9. The van der Waals surface area contributed by atoms with E-state index in [0.717, 1.165) is 58.3 Å². The minimum absolute atomic E-state index is 0.713. The van der Waals surface area contributed by atoms with Crippen molar-refractivity contribution in [3.05, 3.63) is 337 Å². The van der Waals surface area contributed by atoms with E-state index in [4.69, 9.17) is 0 Å². The van der Waals surface area contributed by atoms with E-state index in [0.29, 0.717) is 0 Å². The van der Waals surface area contributed by atoms with Crippen LogP contribution in [0.25, 0.3) is 66.1 Å². The van der Waals surface area contributed by atoms with Crippen molar-refractivity contribution in [3.63, 3.8) is 0 Å². The van der Waals surface area contributed by atoms with Crippen LogP contribution < -0.4 is 14.7 Å². The first-order valence-corrected chi connectivity index (χ1v) is 29.2. The summed E-state index contributed by atoms with van der Waals surface area (Å²) < 4.78 is 4.80. The molecule has 0 bridgehead atoms. The van der Waals surface area contributed by atoms with E-state index >= 15 is 0 Å². The maximum Gasteiger partial charge on any atom is 0.0752 e. The molecule has 5 nitrogen and oxygen atoms in total. The molecule has 2 aliphatic carbocycles. The van der Waals surface area contributed by atoms with Crippen molar-refractivity contribution in [2.24, 2.45) is 0 Å². The Kier molecular flexibility index (Phi) is 10.9. The van der Waals surface area contributed by atoms with Gasteiger partial charge in [-0.3, -0.25) is 0 Å². The molecule has 14 aromatic rings. The predicted octanol–water partition coefficient (Wildman–Crippen LogP) is 20.9. The molecule has 396 valence electrons. The summed E-state index contributed by atoms with van der Waals surface area (Å²) in [6.07, 6.45) is 6.74. The highest BCUT2D eigenvalue weighted by molar-refractivity contribution is 6.12. The maximum atomic E-state index is 2.56. The Morgan fingerprint density at radius 1 is 0.310 bits per heavy atom. The maximum absolute atomic E-state index is 2.56. The highest BCUT2D eigenvalue weighted by Crippen LogP contribution is 2.64. The monoisotopic (exact) mass is 1070 g/mol. The minimum Gasteiger partial charge on any atom is -0.314 e. The van der Waals surface area contributed by atoms with Gasteiger partial charge in [0.15, 0.2) is 0 Å². The number of rotatable bonds is 9.